The monoisotopic (exact) mass is 407 g/mol. The molecule has 1 aromatic carbocycles. The lowest BCUT2D eigenvalue weighted by Gasteiger charge is -2.29. The highest BCUT2D eigenvalue weighted by Gasteiger charge is 2.25. The largest absolute Gasteiger partial charge is 0.496 e. The quantitative estimate of drug-likeness (QED) is 0.343. The number of methoxy groups -OCH3 is 1. The standard InChI is InChI=1S/C25H45NO3/c1-20(2)11-9-7-6-8-10-16-29-23-13-12-22(24(17-23)28-5)14-15-25(26,19-27)18-21(3)4/h12-13,17,20-21,27H,6-11,14-16,18-19,26H2,1-5H3/t25-/m0/s1. The van der Waals surface area contributed by atoms with Crippen LogP contribution in [0.2, 0.25) is 0 Å². The van der Waals surface area contributed by atoms with E-state index in [1.165, 1.54) is 32.1 Å². The van der Waals surface area contributed by atoms with Crippen molar-refractivity contribution in [2.75, 3.05) is 20.3 Å². The maximum absolute atomic E-state index is 9.72. The fraction of sp³-hybridized carbons (Fsp3) is 0.760. The third-order valence-electron chi connectivity index (χ3n) is 5.47. The minimum absolute atomic E-state index is 0.00611. The van der Waals surface area contributed by atoms with Crippen molar-refractivity contribution in [2.24, 2.45) is 17.6 Å². The lowest BCUT2D eigenvalue weighted by Crippen LogP contribution is -2.45. The number of aliphatic hydroxyl groups excluding tert-OH is 1. The molecule has 0 aliphatic heterocycles. The van der Waals surface area contributed by atoms with Gasteiger partial charge in [-0.25, -0.2) is 0 Å². The summed E-state index contributed by atoms with van der Waals surface area (Å²) in [6.45, 7) is 9.60. The summed E-state index contributed by atoms with van der Waals surface area (Å²) in [5, 5.41) is 9.72. The molecular weight excluding hydrogens is 362 g/mol. The van der Waals surface area contributed by atoms with Crippen molar-refractivity contribution in [1.82, 2.24) is 0 Å². The highest BCUT2D eigenvalue weighted by molar-refractivity contribution is 5.41. The fourth-order valence-electron chi connectivity index (χ4n) is 3.84. The Morgan fingerprint density at radius 1 is 1.00 bits per heavy atom. The van der Waals surface area contributed by atoms with Gasteiger partial charge in [-0.15, -0.1) is 0 Å². The second kappa shape index (κ2) is 13.9. The Balaban J connectivity index is 2.43. The zero-order chi connectivity index (χ0) is 21.7. The van der Waals surface area contributed by atoms with E-state index in [0.717, 1.165) is 55.3 Å². The van der Waals surface area contributed by atoms with Crippen molar-refractivity contribution in [3.63, 3.8) is 0 Å². The minimum Gasteiger partial charge on any atom is -0.496 e. The summed E-state index contributed by atoms with van der Waals surface area (Å²) >= 11 is 0. The van der Waals surface area contributed by atoms with Gasteiger partial charge in [0.05, 0.1) is 20.3 Å². The number of unbranched alkanes of at least 4 members (excludes halogenated alkanes) is 4. The third-order valence-corrected chi connectivity index (χ3v) is 5.47. The smallest absolute Gasteiger partial charge is 0.125 e. The first-order valence-corrected chi connectivity index (χ1v) is 11.5. The molecule has 4 nitrogen and oxygen atoms in total. The van der Waals surface area contributed by atoms with Crippen LogP contribution in [0.4, 0.5) is 0 Å². The van der Waals surface area contributed by atoms with Crippen LogP contribution < -0.4 is 15.2 Å². The highest BCUT2D eigenvalue weighted by atomic mass is 16.5. The van der Waals surface area contributed by atoms with E-state index < -0.39 is 5.54 Å². The van der Waals surface area contributed by atoms with Crippen molar-refractivity contribution in [3.05, 3.63) is 23.8 Å². The molecule has 0 fully saturated rings. The molecule has 0 unspecified atom stereocenters. The van der Waals surface area contributed by atoms with Gasteiger partial charge in [-0.2, -0.15) is 0 Å². The third kappa shape index (κ3) is 10.9. The summed E-state index contributed by atoms with van der Waals surface area (Å²) in [7, 11) is 1.69. The van der Waals surface area contributed by atoms with Crippen molar-refractivity contribution in [1.29, 1.82) is 0 Å². The summed E-state index contributed by atoms with van der Waals surface area (Å²) < 4.78 is 11.5. The zero-order valence-electron chi connectivity index (χ0n) is 19.5. The minimum atomic E-state index is -0.538. The molecule has 1 rings (SSSR count). The lowest BCUT2D eigenvalue weighted by atomic mass is 9.85. The molecule has 3 N–H and O–H groups in total. The maximum atomic E-state index is 9.72. The van der Waals surface area contributed by atoms with E-state index in [1.807, 2.05) is 12.1 Å². The molecule has 0 bridgehead atoms. The highest BCUT2D eigenvalue weighted by Crippen LogP contribution is 2.28. The molecule has 1 atom stereocenters. The van der Waals surface area contributed by atoms with E-state index in [4.69, 9.17) is 15.2 Å². The van der Waals surface area contributed by atoms with E-state index in [9.17, 15) is 5.11 Å². The summed E-state index contributed by atoms with van der Waals surface area (Å²) in [6, 6.07) is 6.05. The van der Waals surface area contributed by atoms with Crippen LogP contribution in [-0.4, -0.2) is 31.0 Å². The topological polar surface area (TPSA) is 64.7 Å². The van der Waals surface area contributed by atoms with Gasteiger partial charge in [-0.05, 0) is 49.1 Å². The molecule has 0 saturated heterocycles. The number of hydrogen-bond donors (Lipinski definition) is 2. The molecular formula is C25H45NO3. The second-order valence-electron chi connectivity index (χ2n) is 9.39. The van der Waals surface area contributed by atoms with Crippen molar-refractivity contribution < 1.29 is 14.6 Å². The Hall–Kier alpha value is -1.26. The normalized spacial score (nSPS) is 13.7. The van der Waals surface area contributed by atoms with Gasteiger partial charge in [-0.1, -0.05) is 65.9 Å². The van der Waals surface area contributed by atoms with E-state index in [-0.39, 0.29) is 6.61 Å². The molecule has 1 aromatic rings. The average Bonchev–Trinajstić information content (AvgIpc) is 2.68. The fourth-order valence-corrected chi connectivity index (χ4v) is 3.84. The number of hydrogen-bond acceptors (Lipinski definition) is 4. The van der Waals surface area contributed by atoms with E-state index in [0.29, 0.717) is 5.92 Å². The molecule has 0 aliphatic rings. The molecule has 0 saturated carbocycles. The molecule has 168 valence electrons. The van der Waals surface area contributed by atoms with Gasteiger partial charge in [-0.3, -0.25) is 0 Å². The van der Waals surface area contributed by atoms with Gasteiger partial charge in [0.15, 0.2) is 0 Å². The molecule has 0 aliphatic carbocycles. The molecule has 0 spiro atoms. The van der Waals surface area contributed by atoms with Crippen LogP contribution in [0.3, 0.4) is 0 Å². The van der Waals surface area contributed by atoms with Crippen molar-refractivity contribution in [2.45, 2.75) is 91.0 Å². The summed E-state index contributed by atoms with van der Waals surface area (Å²) in [5.74, 6) is 2.96. The Morgan fingerprint density at radius 3 is 2.31 bits per heavy atom. The van der Waals surface area contributed by atoms with Crippen LogP contribution in [0.25, 0.3) is 0 Å². The first-order valence-electron chi connectivity index (χ1n) is 11.5. The predicted molar refractivity (Wildman–Crippen MR) is 123 cm³/mol. The van der Waals surface area contributed by atoms with Crippen LogP contribution in [-0.2, 0) is 6.42 Å². The maximum Gasteiger partial charge on any atom is 0.125 e. The van der Waals surface area contributed by atoms with Gasteiger partial charge in [0.25, 0.3) is 0 Å². The number of nitrogens with two attached hydrogens (primary N) is 1. The molecule has 0 aromatic heterocycles. The van der Waals surface area contributed by atoms with E-state index in [1.54, 1.807) is 7.11 Å². The lowest BCUT2D eigenvalue weighted by molar-refractivity contribution is 0.165. The van der Waals surface area contributed by atoms with Crippen LogP contribution >= 0.6 is 0 Å². The number of aliphatic hydroxyl groups is 1. The van der Waals surface area contributed by atoms with Gasteiger partial charge >= 0.3 is 0 Å². The SMILES string of the molecule is COc1cc(OCCCCCCCC(C)C)ccc1CC[C@@](N)(CO)CC(C)C. The van der Waals surface area contributed by atoms with E-state index in [2.05, 4.69) is 33.8 Å². The second-order valence-corrected chi connectivity index (χ2v) is 9.39. The Labute approximate surface area is 179 Å². The Morgan fingerprint density at radius 2 is 1.69 bits per heavy atom. The van der Waals surface area contributed by atoms with Crippen LogP contribution in [0.15, 0.2) is 18.2 Å². The average molecular weight is 408 g/mol. The molecule has 0 amide bonds. The van der Waals surface area contributed by atoms with Crippen LogP contribution in [0.5, 0.6) is 11.5 Å². The van der Waals surface area contributed by atoms with Gasteiger partial charge in [0.2, 0.25) is 0 Å². The van der Waals surface area contributed by atoms with Crippen molar-refractivity contribution in [3.8, 4) is 11.5 Å². The Bertz CT molecular complexity index is 559. The Kier molecular flexibility index (Phi) is 12.3. The predicted octanol–water partition coefficient (Wildman–Crippen LogP) is 5.74. The van der Waals surface area contributed by atoms with Crippen LogP contribution in [0.1, 0.15) is 84.6 Å². The molecule has 0 radical (unpaired) electrons. The van der Waals surface area contributed by atoms with Gasteiger partial charge in [0, 0.05) is 11.6 Å². The zero-order valence-corrected chi connectivity index (χ0v) is 19.5. The summed E-state index contributed by atoms with van der Waals surface area (Å²) in [4.78, 5) is 0. The summed E-state index contributed by atoms with van der Waals surface area (Å²) in [5.41, 5.74) is 6.96. The summed E-state index contributed by atoms with van der Waals surface area (Å²) in [6.07, 6.45) is 9.94. The first-order chi connectivity index (χ1) is 13.8. The first kappa shape index (κ1) is 25.8. The van der Waals surface area contributed by atoms with Gasteiger partial charge < -0.3 is 20.3 Å². The number of rotatable bonds is 16. The number of benzene rings is 1. The number of ether oxygens (including phenoxy) is 2. The van der Waals surface area contributed by atoms with Crippen LogP contribution in [0, 0.1) is 11.8 Å². The van der Waals surface area contributed by atoms with E-state index >= 15 is 0 Å². The molecule has 4 heteroatoms. The molecule has 0 heterocycles. The number of aryl methyl sites for hydroxylation is 1. The van der Waals surface area contributed by atoms with Gasteiger partial charge in [0.1, 0.15) is 11.5 Å². The molecule has 29 heavy (non-hydrogen) atoms. The van der Waals surface area contributed by atoms with Crippen molar-refractivity contribution >= 4 is 0 Å².